The van der Waals surface area contributed by atoms with Crippen LogP contribution in [0, 0.1) is 11.3 Å². The van der Waals surface area contributed by atoms with Crippen molar-refractivity contribution in [1.29, 1.82) is 5.26 Å². The van der Waals surface area contributed by atoms with E-state index in [4.69, 9.17) is 9.47 Å². The van der Waals surface area contributed by atoms with Gasteiger partial charge in [-0.25, -0.2) is 4.68 Å². The third kappa shape index (κ3) is 4.72. The topological polar surface area (TPSA) is 92.3 Å². The highest BCUT2D eigenvalue weighted by Crippen LogP contribution is 2.34. The van der Waals surface area contributed by atoms with Crippen molar-refractivity contribution in [2.24, 2.45) is 0 Å². The van der Waals surface area contributed by atoms with Gasteiger partial charge in [0.05, 0.1) is 23.2 Å². The molecule has 0 radical (unpaired) electrons. The van der Waals surface area contributed by atoms with E-state index in [1.807, 2.05) is 28.9 Å². The number of hydrogen-bond donors (Lipinski definition) is 0. The molecule has 2 aliphatic rings. The van der Waals surface area contributed by atoms with E-state index in [0.29, 0.717) is 12.4 Å². The van der Waals surface area contributed by atoms with Crippen LogP contribution in [0.1, 0.15) is 55.7 Å². The molecule has 5 rings (SSSR count). The van der Waals surface area contributed by atoms with Crippen molar-refractivity contribution in [2.75, 3.05) is 33.0 Å². The Hall–Kier alpha value is -3.48. The van der Waals surface area contributed by atoms with Gasteiger partial charge in [-0.2, -0.15) is 5.26 Å². The third-order valence-electron chi connectivity index (χ3n) is 7.12. The summed E-state index contributed by atoms with van der Waals surface area (Å²) >= 11 is 0. The molecule has 35 heavy (non-hydrogen) atoms. The van der Waals surface area contributed by atoms with Crippen LogP contribution in [-0.4, -0.2) is 63.0 Å². The van der Waals surface area contributed by atoms with Crippen LogP contribution in [0.15, 0.2) is 42.5 Å². The zero-order valence-corrected chi connectivity index (χ0v) is 20.5. The molecule has 0 amide bonds. The molecule has 1 unspecified atom stereocenters. The Bertz CT molecular complexity index is 1220. The Labute approximate surface area is 205 Å². The van der Waals surface area contributed by atoms with E-state index < -0.39 is 0 Å². The highest BCUT2D eigenvalue weighted by atomic mass is 16.7. The number of nitriles is 1. The summed E-state index contributed by atoms with van der Waals surface area (Å²) in [6, 6.07) is 16.1. The monoisotopic (exact) mass is 473 g/mol. The standard InChI is InChI=1S/C26H31N7O2/c1-4-26(2,3)33-25(28-29-30-33)24(21-7-5-6-19(14-21)16-27)32-12-10-31(11-13-32)17-20-8-9-22-23(15-20)35-18-34-22/h5-9,14-15,24H,4,10-13,17-18H2,1-3H3. The van der Waals surface area contributed by atoms with Crippen LogP contribution in [0.3, 0.4) is 0 Å². The van der Waals surface area contributed by atoms with Gasteiger partial charge in [-0.15, -0.1) is 5.10 Å². The minimum absolute atomic E-state index is 0.128. The molecule has 1 saturated heterocycles. The lowest BCUT2D eigenvalue weighted by atomic mass is 9.98. The van der Waals surface area contributed by atoms with E-state index in [-0.39, 0.29) is 11.6 Å². The summed E-state index contributed by atoms with van der Waals surface area (Å²) in [5.74, 6) is 2.45. The van der Waals surface area contributed by atoms with Gasteiger partial charge in [0.15, 0.2) is 17.3 Å². The first kappa shape index (κ1) is 23.3. The maximum absolute atomic E-state index is 9.51. The van der Waals surface area contributed by atoms with Gasteiger partial charge in [0.2, 0.25) is 6.79 Å². The van der Waals surface area contributed by atoms with Crippen molar-refractivity contribution in [3.63, 3.8) is 0 Å². The quantitative estimate of drug-likeness (QED) is 0.516. The minimum Gasteiger partial charge on any atom is -0.454 e. The van der Waals surface area contributed by atoms with E-state index in [0.717, 1.165) is 62.0 Å². The molecule has 9 nitrogen and oxygen atoms in total. The lowest BCUT2D eigenvalue weighted by molar-refractivity contribution is 0.0972. The second-order valence-corrected chi connectivity index (χ2v) is 9.75. The number of benzene rings is 2. The zero-order valence-electron chi connectivity index (χ0n) is 20.5. The molecule has 2 aliphatic heterocycles. The molecular formula is C26H31N7O2. The molecule has 0 bridgehead atoms. The smallest absolute Gasteiger partial charge is 0.231 e. The molecule has 2 aromatic carbocycles. The van der Waals surface area contributed by atoms with Gasteiger partial charge in [0.25, 0.3) is 0 Å². The number of nitrogens with zero attached hydrogens (tertiary/aromatic N) is 7. The van der Waals surface area contributed by atoms with Gasteiger partial charge >= 0.3 is 0 Å². The summed E-state index contributed by atoms with van der Waals surface area (Å²) in [4.78, 5) is 4.89. The van der Waals surface area contributed by atoms with Crippen LogP contribution >= 0.6 is 0 Å². The average molecular weight is 474 g/mol. The summed E-state index contributed by atoms with van der Waals surface area (Å²) in [6.45, 7) is 11.2. The second kappa shape index (κ2) is 9.64. The molecule has 0 spiro atoms. The van der Waals surface area contributed by atoms with Gasteiger partial charge < -0.3 is 9.47 Å². The van der Waals surface area contributed by atoms with E-state index in [1.165, 1.54) is 5.56 Å². The fourth-order valence-electron chi connectivity index (χ4n) is 4.72. The minimum atomic E-state index is -0.217. The number of ether oxygens (including phenoxy) is 2. The molecule has 1 fully saturated rings. The van der Waals surface area contributed by atoms with Gasteiger partial charge in [0, 0.05) is 32.7 Å². The van der Waals surface area contributed by atoms with Gasteiger partial charge in [-0.05, 0) is 66.1 Å². The number of tetrazole rings is 1. The molecular weight excluding hydrogens is 442 g/mol. The van der Waals surface area contributed by atoms with Crippen molar-refractivity contribution in [3.05, 3.63) is 65.0 Å². The zero-order chi connectivity index (χ0) is 24.4. The summed E-state index contributed by atoms with van der Waals surface area (Å²) in [5.41, 5.74) is 2.68. The number of hydrogen-bond acceptors (Lipinski definition) is 8. The van der Waals surface area contributed by atoms with Crippen LogP contribution in [-0.2, 0) is 12.1 Å². The van der Waals surface area contributed by atoms with E-state index >= 15 is 0 Å². The highest BCUT2D eigenvalue weighted by Gasteiger charge is 2.34. The first-order chi connectivity index (χ1) is 17.0. The van der Waals surface area contributed by atoms with Gasteiger partial charge in [-0.3, -0.25) is 9.80 Å². The number of fused-ring (bicyclic) bond motifs is 1. The molecule has 0 saturated carbocycles. The maximum Gasteiger partial charge on any atom is 0.231 e. The van der Waals surface area contributed by atoms with Crippen molar-refractivity contribution < 1.29 is 9.47 Å². The third-order valence-corrected chi connectivity index (χ3v) is 7.12. The maximum atomic E-state index is 9.51. The second-order valence-electron chi connectivity index (χ2n) is 9.75. The van der Waals surface area contributed by atoms with E-state index in [9.17, 15) is 5.26 Å². The Kier molecular flexibility index (Phi) is 6.41. The summed E-state index contributed by atoms with van der Waals surface area (Å²) in [7, 11) is 0. The molecule has 1 atom stereocenters. The lowest BCUT2D eigenvalue weighted by Gasteiger charge is -2.39. The average Bonchev–Trinajstić information content (AvgIpc) is 3.55. The first-order valence-electron chi connectivity index (χ1n) is 12.1. The Morgan fingerprint density at radius 3 is 2.63 bits per heavy atom. The van der Waals surface area contributed by atoms with Crippen molar-refractivity contribution in [1.82, 2.24) is 30.0 Å². The van der Waals surface area contributed by atoms with Crippen LogP contribution in [0.2, 0.25) is 0 Å². The van der Waals surface area contributed by atoms with Crippen LogP contribution in [0.25, 0.3) is 0 Å². The highest BCUT2D eigenvalue weighted by molar-refractivity contribution is 5.44. The predicted octanol–water partition coefficient (Wildman–Crippen LogP) is 3.33. The number of piperazine rings is 1. The largest absolute Gasteiger partial charge is 0.454 e. The van der Waals surface area contributed by atoms with E-state index in [2.05, 4.69) is 70.4 Å². The fourth-order valence-corrected chi connectivity index (χ4v) is 4.72. The Balaban J connectivity index is 1.38. The lowest BCUT2D eigenvalue weighted by Crippen LogP contribution is -2.48. The van der Waals surface area contributed by atoms with Gasteiger partial charge in [-0.1, -0.05) is 25.1 Å². The summed E-state index contributed by atoms with van der Waals surface area (Å²) in [5, 5.41) is 22.4. The molecule has 3 aromatic rings. The molecule has 1 aromatic heterocycles. The van der Waals surface area contributed by atoms with Crippen molar-refractivity contribution >= 4 is 0 Å². The fraction of sp³-hybridized carbons (Fsp3) is 0.462. The Morgan fingerprint density at radius 1 is 1.06 bits per heavy atom. The van der Waals surface area contributed by atoms with Crippen molar-refractivity contribution in [3.8, 4) is 17.6 Å². The van der Waals surface area contributed by atoms with Crippen LogP contribution in [0.4, 0.5) is 0 Å². The molecule has 9 heteroatoms. The predicted molar refractivity (Wildman–Crippen MR) is 130 cm³/mol. The van der Waals surface area contributed by atoms with Gasteiger partial charge in [0.1, 0.15) is 0 Å². The summed E-state index contributed by atoms with van der Waals surface area (Å²) in [6.07, 6.45) is 0.902. The molecule has 182 valence electrons. The SMILES string of the molecule is CCC(C)(C)n1nnnc1C(c1cccc(C#N)c1)N1CCN(Cc2ccc3c(c2)OCO3)CC1. The number of aromatic nitrogens is 4. The first-order valence-corrected chi connectivity index (χ1v) is 12.1. The molecule has 0 N–H and O–H groups in total. The van der Waals surface area contributed by atoms with Crippen LogP contribution < -0.4 is 9.47 Å². The van der Waals surface area contributed by atoms with Crippen LogP contribution in [0.5, 0.6) is 11.5 Å². The normalized spacial score (nSPS) is 17.3. The molecule has 3 heterocycles. The molecule has 0 aliphatic carbocycles. The van der Waals surface area contributed by atoms with Crippen molar-refractivity contribution in [2.45, 2.75) is 45.3 Å². The number of rotatable bonds is 7. The van der Waals surface area contributed by atoms with E-state index in [1.54, 1.807) is 0 Å². The summed E-state index contributed by atoms with van der Waals surface area (Å²) < 4.78 is 12.9. The Morgan fingerprint density at radius 2 is 1.86 bits per heavy atom.